The smallest absolute Gasteiger partial charge is 0.201 e. The standard InChI is InChI=1S/C27H32O3S/c1-9-31-25-21(22(28)17-12-10-11-15(2)20(17)24(25)30)16-13-18(26(3,4)5)23(29)19(14-16)27(6,7)8/h10-14,29H,9H2,1-8H3. The Kier molecular flexibility index (Phi) is 6.01. The average Bonchev–Trinajstić information content (AvgIpc) is 2.65. The van der Waals surface area contributed by atoms with E-state index < -0.39 is 0 Å². The number of thioether (sulfide) groups is 1. The van der Waals surface area contributed by atoms with Crippen LogP contribution in [0.3, 0.4) is 0 Å². The number of allylic oxidation sites excluding steroid dienone is 2. The van der Waals surface area contributed by atoms with Crippen molar-refractivity contribution < 1.29 is 14.7 Å². The molecule has 1 N–H and O–H groups in total. The van der Waals surface area contributed by atoms with Crippen LogP contribution in [0.1, 0.15) is 91.4 Å². The lowest BCUT2D eigenvalue weighted by Crippen LogP contribution is -2.23. The predicted octanol–water partition coefficient (Wildman–Crippen LogP) is 6.84. The number of ketones is 2. The minimum Gasteiger partial charge on any atom is -0.507 e. The van der Waals surface area contributed by atoms with E-state index in [-0.39, 0.29) is 28.1 Å². The van der Waals surface area contributed by atoms with Gasteiger partial charge in [0.2, 0.25) is 5.78 Å². The molecular formula is C27H32O3S. The fourth-order valence-electron chi connectivity index (χ4n) is 4.09. The molecular weight excluding hydrogens is 404 g/mol. The van der Waals surface area contributed by atoms with Crippen LogP contribution in [0.15, 0.2) is 35.2 Å². The Bertz CT molecular complexity index is 1070. The maximum Gasteiger partial charge on any atom is 0.201 e. The zero-order valence-corrected chi connectivity index (χ0v) is 20.6. The highest BCUT2D eigenvalue weighted by atomic mass is 32.2. The van der Waals surface area contributed by atoms with Crippen molar-refractivity contribution >= 4 is 28.9 Å². The molecule has 164 valence electrons. The fraction of sp³-hybridized carbons (Fsp3) is 0.407. The van der Waals surface area contributed by atoms with E-state index in [4.69, 9.17) is 0 Å². The number of aryl methyl sites for hydroxylation is 1. The molecule has 4 heteroatoms. The molecule has 0 heterocycles. The van der Waals surface area contributed by atoms with Crippen LogP contribution in [0.25, 0.3) is 5.57 Å². The summed E-state index contributed by atoms with van der Waals surface area (Å²) in [5.74, 6) is 0.742. The van der Waals surface area contributed by atoms with Crippen LogP contribution in [0.5, 0.6) is 5.75 Å². The van der Waals surface area contributed by atoms with Crippen LogP contribution in [0.2, 0.25) is 0 Å². The van der Waals surface area contributed by atoms with Crippen LogP contribution in [0.4, 0.5) is 0 Å². The first kappa shape index (κ1) is 23.3. The van der Waals surface area contributed by atoms with Crippen molar-refractivity contribution in [1.29, 1.82) is 0 Å². The number of phenolic OH excluding ortho intramolecular Hbond substituents is 1. The zero-order chi connectivity index (χ0) is 23.3. The molecule has 0 unspecified atom stereocenters. The Morgan fingerprint density at radius 2 is 1.45 bits per heavy atom. The third kappa shape index (κ3) is 4.10. The molecule has 0 radical (unpaired) electrons. The van der Waals surface area contributed by atoms with E-state index in [9.17, 15) is 14.7 Å². The quantitative estimate of drug-likeness (QED) is 0.572. The van der Waals surface area contributed by atoms with Crippen molar-refractivity contribution in [1.82, 2.24) is 0 Å². The summed E-state index contributed by atoms with van der Waals surface area (Å²) in [4.78, 5) is 27.7. The van der Waals surface area contributed by atoms with Crippen molar-refractivity contribution in [2.75, 3.05) is 5.75 Å². The van der Waals surface area contributed by atoms with E-state index in [2.05, 4.69) is 0 Å². The van der Waals surface area contributed by atoms with Gasteiger partial charge >= 0.3 is 0 Å². The molecule has 3 rings (SSSR count). The Hall–Kier alpha value is -2.33. The van der Waals surface area contributed by atoms with E-state index in [1.165, 1.54) is 11.8 Å². The summed E-state index contributed by atoms with van der Waals surface area (Å²) in [5.41, 5.74) is 3.85. The third-order valence-corrected chi connectivity index (χ3v) is 6.67. The Morgan fingerprint density at radius 3 is 1.94 bits per heavy atom. The van der Waals surface area contributed by atoms with Gasteiger partial charge in [0.15, 0.2) is 5.78 Å². The number of rotatable bonds is 3. The number of hydrogen-bond donors (Lipinski definition) is 1. The second-order valence-electron chi connectivity index (χ2n) is 10.2. The number of Topliss-reactive ketones (excluding diaryl/α,β-unsaturated/α-hetero) is 2. The van der Waals surface area contributed by atoms with Crippen LogP contribution in [0, 0.1) is 6.92 Å². The van der Waals surface area contributed by atoms with Crippen molar-refractivity contribution in [2.45, 2.75) is 66.2 Å². The maximum absolute atomic E-state index is 13.7. The van der Waals surface area contributed by atoms with Gasteiger partial charge in [-0.3, -0.25) is 9.59 Å². The molecule has 1 aliphatic rings. The molecule has 0 saturated carbocycles. The number of aromatic hydroxyl groups is 1. The summed E-state index contributed by atoms with van der Waals surface area (Å²) < 4.78 is 0. The van der Waals surface area contributed by atoms with E-state index in [1.807, 2.05) is 79.7 Å². The minimum atomic E-state index is -0.324. The van der Waals surface area contributed by atoms with E-state index in [0.717, 1.165) is 16.7 Å². The summed E-state index contributed by atoms with van der Waals surface area (Å²) >= 11 is 1.42. The normalized spacial score (nSPS) is 14.8. The van der Waals surface area contributed by atoms with Gasteiger partial charge in [-0.05, 0) is 46.8 Å². The zero-order valence-electron chi connectivity index (χ0n) is 19.8. The number of carbonyl (C=O) groups excluding carboxylic acids is 2. The van der Waals surface area contributed by atoms with Gasteiger partial charge in [-0.15, -0.1) is 11.8 Å². The van der Waals surface area contributed by atoms with Crippen molar-refractivity contribution in [3.63, 3.8) is 0 Å². The lowest BCUT2D eigenvalue weighted by molar-refractivity contribution is 0.0998. The fourth-order valence-corrected chi connectivity index (χ4v) is 4.97. The lowest BCUT2D eigenvalue weighted by atomic mass is 9.76. The van der Waals surface area contributed by atoms with Crippen molar-refractivity contribution in [3.05, 3.63) is 68.6 Å². The van der Waals surface area contributed by atoms with Gasteiger partial charge in [0.1, 0.15) is 5.75 Å². The second-order valence-corrected chi connectivity index (χ2v) is 11.5. The van der Waals surface area contributed by atoms with E-state index in [1.54, 1.807) is 6.07 Å². The molecule has 0 fully saturated rings. The van der Waals surface area contributed by atoms with Gasteiger partial charge in [-0.2, -0.15) is 0 Å². The summed E-state index contributed by atoms with van der Waals surface area (Å²) in [5, 5.41) is 11.1. The molecule has 0 saturated heterocycles. The monoisotopic (exact) mass is 436 g/mol. The molecule has 0 aliphatic heterocycles. The maximum atomic E-state index is 13.7. The molecule has 31 heavy (non-hydrogen) atoms. The molecule has 1 aliphatic carbocycles. The van der Waals surface area contributed by atoms with Crippen LogP contribution in [-0.4, -0.2) is 22.4 Å². The number of fused-ring (bicyclic) bond motifs is 1. The summed E-state index contributed by atoms with van der Waals surface area (Å²) in [6, 6.07) is 9.22. The van der Waals surface area contributed by atoms with Gasteiger partial charge < -0.3 is 5.11 Å². The van der Waals surface area contributed by atoms with E-state index in [0.29, 0.717) is 32.9 Å². The Morgan fingerprint density at radius 1 is 0.903 bits per heavy atom. The van der Waals surface area contributed by atoms with Gasteiger partial charge in [0.05, 0.1) is 4.91 Å². The topological polar surface area (TPSA) is 54.4 Å². The Balaban J connectivity index is 2.40. The second kappa shape index (κ2) is 7.98. The van der Waals surface area contributed by atoms with Gasteiger partial charge in [-0.25, -0.2) is 0 Å². The first-order valence-corrected chi connectivity index (χ1v) is 11.7. The molecule has 3 nitrogen and oxygen atoms in total. The third-order valence-electron chi connectivity index (χ3n) is 5.71. The first-order chi connectivity index (χ1) is 14.3. The first-order valence-electron chi connectivity index (χ1n) is 10.7. The van der Waals surface area contributed by atoms with Crippen LogP contribution >= 0.6 is 11.8 Å². The molecule has 0 amide bonds. The highest BCUT2D eigenvalue weighted by Gasteiger charge is 2.36. The van der Waals surface area contributed by atoms with E-state index >= 15 is 0 Å². The SMILES string of the molecule is CCSC1=C(c2cc(C(C)(C)C)c(O)c(C(C)(C)C)c2)C(=O)c2cccc(C)c2C1=O. The van der Waals surface area contributed by atoms with Crippen molar-refractivity contribution in [2.24, 2.45) is 0 Å². The molecule has 0 aromatic heterocycles. The molecule has 2 aromatic carbocycles. The summed E-state index contributed by atoms with van der Waals surface area (Å²) in [7, 11) is 0. The van der Waals surface area contributed by atoms with Crippen molar-refractivity contribution in [3.8, 4) is 5.75 Å². The predicted molar refractivity (Wildman–Crippen MR) is 130 cm³/mol. The van der Waals surface area contributed by atoms with Gasteiger partial charge in [0.25, 0.3) is 0 Å². The molecule has 0 spiro atoms. The molecule has 0 bridgehead atoms. The Labute approximate surface area is 190 Å². The number of hydrogen-bond acceptors (Lipinski definition) is 4. The van der Waals surface area contributed by atoms with Gasteiger partial charge in [0, 0.05) is 27.8 Å². The van der Waals surface area contributed by atoms with Crippen LogP contribution in [-0.2, 0) is 10.8 Å². The van der Waals surface area contributed by atoms with Crippen LogP contribution < -0.4 is 0 Å². The summed E-state index contributed by atoms with van der Waals surface area (Å²) in [6.45, 7) is 16.1. The largest absolute Gasteiger partial charge is 0.507 e. The number of benzene rings is 2. The molecule has 0 atom stereocenters. The average molecular weight is 437 g/mol. The number of phenols is 1. The lowest BCUT2D eigenvalue weighted by Gasteiger charge is -2.29. The summed E-state index contributed by atoms with van der Waals surface area (Å²) in [6.07, 6.45) is 0. The van der Waals surface area contributed by atoms with Gasteiger partial charge in [-0.1, -0.05) is 66.7 Å². The minimum absolute atomic E-state index is 0.0859. The highest BCUT2D eigenvalue weighted by molar-refractivity contribution is 8.04. The molecule has 2 aromatic rings. The number of carbonyl (C=O) groups is 2. The highest BCUT2D eigenvalue weighted by Crippen LogP contribution is 2.44.